The summed E-state index contributed by atoms with van der Waals surface area (Å²) < 4.78 is 20.3. The van der Waals surface area contributed by atoms with Crippen molar-refractivity contribution in [3.63, 3.8) is 0 Å². The fourth-order valence-corrected chi connectivity index (χ4v) is 3.95. The zero-order chi connectivity index (χ0) is 24.5. The molecule has 8 heteroatoms. The SMILES string of the molecule is COc1cc(-c2cn(C)c(=O)c3c2ccn3C)cc(OC)c1CN(C)CC(=O)OC(C)(C)C. The van der Waals surface area contributed by atoms with Crippen LogP contribution in [0.4, 0.5) is 0 Å². The second-order valence-corrected chi connectivity index (χ2v) is 9.27. The van der Waals surface area contributed by atoms with E-state index in [4.69, 9.17) is 14.2 Å². The van der Waals surface area contributed by atoms with E-state index in [2.05, 4.69) is 0 Å². The van der Waals surface area contributed by atoms with Gasteiger partial charge in [-0.15, -0.1) is 0 Å². The number of aryl methyl sites for hydroxylation is 2. The maximum absolute atomic E-state index is 12.6. The van der Waals surface area contributed by atoms with Gasteiger partial charge in [-0.1, -0.05) is 0 Å². The fourth-order valence-electron chi connectivity index (χ4n) is 3.95. The smallest absolute Gasteiger partial charge is 0.320 e. The molecule has 0 spiro atoms. The standard InChI is InChI=1S/C25H33N3O5/c1-25(2,3)33-22(29)15-26(4)13-19-20(31-7)11-16(12-21(19)32-8)18-14-28(6)24(30)23-17(18)9-10-27(23)5/h9-12,14H,13,15H2,1-8H3. The number of pyridine rings is 1. The Bertz CT molecular complexity index is 1210. The van der Waals surface area contributed by atoms with Gasteiger partial charge in [-0.05, 0) is 51.6 Å². The lowest BCUT2D eigenvalue weighted by molar-refractivity contribution is -0.155. The van der Waals surface area contributed by atoms with Crippen LogP contribution < -0.4 is 15.0 Å². The molecule has 0 radical (unpaired) electrons. The lowest BCUT2D eigenvalue weighted by Gasteiger charge is -2.24. The highest BCUT2D eigenvalue weighted by molar-refractivity contribution is 5.95. The molecule has 2 heterocycles. The number of esters is 1. The number of hydrogen-bond acceptors (Lipinski definition) is 6. The molecular formula is C25H33N3O5. The molecule has 0 N–H and O–H groups in total. The Morgan fingerprint density at radius 3 is 2.21 bits per heavy atom. The molecule has 0 amide bonds. The maximum Gasteiger partial charge on any atom is 0.320 e. The van der Waals surface area contributed by atoms with E-state index in [1.807, 2.05) is 74.9 Å². The Balaban J connectivity index is 2.01. The molecule has 0 aliphatic heterocycles. The first-order valence-corrected chi connectivity index (χ1v) is 10.8. The number of nitrogens with zero attached hydrogens (tertiary/aromatic N) is 3. The number of aromatic nitrogens is 2. The average molecular weight is 456 g/mol. The lowest BCUT2D eigenvalue weighted by Crippen LogP contribution is -2.32. The van der Waals surface area contributed by atoms with Crippen molar-refractivity contribution in [3.05, 3.63) is 46.5 Å². The third-order valence-corrected chi connectivity index (χ3v) is 5.37. The molecule has 0 bridgehead atoms. The van der Waals surface area contributed by atoms with Gasteiger partial charge >= 0.3 is 5.97 Å². The van der Waals surface area contributed by atoms with Gasteiger partial charge in [-0.3, -0.25) is 14.5 Å². The zero-order valence-electron chi connectivity index (χ0n) is 20.7. The molecule has 3 rings (SSSR count). The van der Waals surface area contributed by atoms with Gasteiger partial charge in [0, 0.05) is 44.0 Å². The van der Waals surface area contributed by atoms with Gasteiger partial charge in [0.25, 0.3) is 5.56 Å². The largest absolute Gasteiger partial charge is 0.496 e. The average Bonchev–Trinajstić information content (AvgIpc) is 3.11. The van der Waals surface area contributed by atoms with Crippen LogP contribution in [-0.2, 0) is 30.2 Å². The second-order valence-electron chi connectivity index (χ2n) is 9.27. The van der Waals surface area contributed by atoms with Crippen molar-refractivity contribution in [2.75, 3.05) is 27.8 Å². The summed E-state index contributed by atoms with van der Waals surface area (Å²) in [5.41, 5.74) is 2.64. The molecule has 1 aromatic carbocycles. The number of rotatable bonds is 7. The van der Waals surface area contributed by atoms with Crippen molar-refractivity contribution in [2.45, 2.75) is 32.9 Å². The minimum absolute atomic E-state index is 0.0550. The second kappa shape index (κ2) is 9.31. The summed E-state index contributed by atoms with van der Waals surface area (Å²) in [5.74, 6) is 0.980. The summed E-state index contributed by atoms with van der Waals surface area (Å²) in [5, 5.41) is 0.861. The first-order valence-electron chi connectivity index (χ1n) is 10.8. The molecule has 0 unspecified atom stereocenters. The maximum atomic E-state index is 12.6. The Labute approximate surface area is 194 Å². The Morgan fingerprint density at radius 1 is 1.06 bits per heavy atom. The summed E-state index contributed by atoms with van der Waals surface area (Å²) in [6, 6.07) is 5.81. The molecule has 33 heavy (non-hydrogen) atoms. The van der Waals surface area contributed by atoms with Crippen LogP contribution in [0.1, 0.15) is 26.3 Å². The highest BCUT2D eigenvalue weighted by atomic mass is 16.6. The van der Waals surface area contributed by atoms with Crippen LogP contribution in [0.15, 0.2) is 35.4 Å². The molecule has 0 aliphatic carbocycles. The minimum atomic E-state index is -0.534. The molecule has 0 fully saturated rings. The number of benzene rings is 1. The quantitative estimate of drug-likeness (QED) is 0.509. The number of methoxy groups -OCH3 is 2. The third kappa shape index (κ3) is 5.22. The van der Waals surface area contributed by atoms with Crippen molar-refractivity contribution in [1.29, 1.82) is 0 Å². The summed E-state index contributed by atoms with van der Waals surface area (Å²) >= 11 is 0. The van der Waals surface area contributed by atoms with Gasteiger partial charge < -0.3 is 23.3 Å². The van der Waals surface area contributed by atoms with E-state index < -0.39 is 5.60 Å². The van der Waals surface area contributed by atoms with Gasteiger partial charge in [0.1, 0.15) is 22.6 Å². The number of likely N-dealkylation sites (N-methyl/N-ethyl adjacent to an activating group) is 1. The first-order chi connectivity index (χ1) is 15.4. The van der Waals surface area contributed by atoms with Crippen LogP contribution in [0.25, 0.3) is 22.0 Å². The summed E-state index contributed by atoms with van der Waals surface area (Å²) in [6.45, 7) is 6.10. The molecule has 0 atom stereocenters. The van der Waals surface area contributed by atoms with E-state index in [0.29, 0.717) is 23.6 Å². The fraction of sp³-hybridized carbons (Fsp3) is 0.440. The summed E-state index contributed by atoms with van der Waals surface area (Å²) in [4.78, 5) is 26.7. The number of fused-ring (bicyclic) bond motifs is 1. The van der Waals surface area contributed by atoms with Crippen LogP contribution in [0.5, 0.6) is 11.5 Å². The van der Waals surface area contributed by atoms with Crippen LogP contribution >= 0.6 is 0 Å². The van der Waals surface area contributed by atoms with Crippen LogP contribution in [-0.4, -0.2) is 53.4 Å². The molecular weight excluding hydrogens is 422 g/mol. The van der Waals surface area contributed by atoms with Gasteiger partial charge in [0.2, 0.25) is 0 Å². The van der Waals surface area contributed by atoms with Crippen molar-refractivity contribution < 1.29 is 19.0 Å². The third-order valence-electron chi connectivity index (χ3n) is 5.37. The minimum Gasteiger partial charge on any atom is -0.496 e. The highest BCUT2D eigenvalue weighted by Gasteiger charge is 2.21. The molecule has 3 aromatic rings. The van der Waals surface area contributed by atoms with Crippen molar-refractivity contribution in [1.82, 2.24) is 14.0 Å². The molecule has 0 aliphatic rings. The predicted octanol–water partition coefficient (Wildman–Crippen LogP) is 3.33. The molecule has 0 saturated carbocycles. The van der Waals surface area contributed by atoms with Crippen molar-refractivity contribution in [2.24, 2.45) is 14.1 Å². The van der Waals surface area contributed by atoms with Crippen molar-refractivity contribution >= 4 is 16.9 Å². The summed E-state index contributed by atoms with van der Waals surface area (Å²) in [6.07, 6.45) is 3.71. The van der Waals surface area contributed by atoms with E-state index in [0.717, 1.165) is 22.1 Å². The first kappa shape index (κ1) is 24.4. The Morgan fingerprint density at radius 2 is 1.67 bits per heavy atom. The van der Waals surface area contributed by atoms with Crippen LogP contribution in [0.3, 0.4) is 0 Å². The molecule has 178 valence electrons. The van der Waals surface area contributed by atoms with Gasteiger partial charge in [-0.25, -0.2) is 0 Å². The summed E-state index contributed by atoms with van der Waals surface area (Å²) in [7, 11) is 8.66. The topological polar surface area (TPSA) is 74.9 Å². The number of ether oxygens (including phenoxy) is 3. The number of hydrogen-bond donors (Lipinski definition) is 0. The van der Waals surface area contributed by atoms with Crippen LogP contribution in [0.2, 0.25) is 0 Å². The monoisotopic (exact) mass is 455 g/mol. The van der Waals surface area contributed by atoms with E-state index >= 15 is 0 Å². The lowest BCUT2D eigenvalue weighted by atomic mass is 10.00. The van der Waals surface area contributed by atoms with Gasteiger partial charge in [0.05, 0.1) is 26.3 Å². The van der Waals surface area contributed by atoms with Gasteiger partial charge in [-0.2, -0.15) is 0 Å². The van der Waals surface area contributed by atoms with Crippen LogP contribution in [0, 0.1) is 0 Å². The Kier molecular flexibility index (Phi) is 6.88. The highest BCUT2D eigenvalue weighted by Crippen LogP contribution is 2.37. The molecule has 0 saturated heterocycles. The normalized spacial score (nSPS) is 11.8. The van der Waals surface area contributed by atoms with Crippen molar-refractivity contribution in [3.8, 4) is 22.6 Å². The van der Waals surface area contributed by atoms with E-state index in [9.17, 15) is 9.59 Å². The zero-order valence-corrected chi connectivity index (χ0v) is 20.7. The molecule has 8 nitrogen and oxygen atoms in total. The number of carbonyl (C=O) groups excluding carboxylic acids is 1. The van der Waals surface area contributed by atoms with E-state index in [1.54, 1.807) is 25.8 Å². The molecule has 2 aromatic heterocycles. The van der Waals surface area contributed by atoms with E-state index in [-0.39, 0.29) is 18.1 Å². The van der Waals surface area contributed by atoms with Gasteiger partial charge in [0.15, 0.2) is 0 Å². The Hall–Kier alpha value is -3.26. The predicted molar refractivity (Wildman–Crippen MR) is 129 cm³/mol. The number of carbonyl (C=O) groups is 1. The van der Waals surface area contributed by atoms with E-state index in [1.165, 1.54) is 0 Å².